The lowest BCUT2D eigenvalue weighted by molar-refractivity contribution is 0.452. The van der Waals surface area contributed by atoms with Crippen LogP contribution in [-0.4, -0.2) is 17.3 Å². The molecule has 2 heterocycles. The minimum absolute atomic E-state index is 0.185. The molecule has 1 aromatic carbocycles. The van der Waals surface area contributed by atoms with Crippen molar-refractivity contribution in [2.24, 2.45) is 10.4 Å². The molecule has 1 aromatic rings. The van der Waals surface area contributed by atoms with Crippen molar-refractivity contribution >= 4 is 33.1 Å². The van der Waals surface area contributed by atoms with Crippen molar-refractivity contribution in [1.29, 1.82) is 0 Å². The average molecular weight is 319 g/mol. The van der Waals surface area contributed by atoms with Gasteiger partial charge in [0, 0.05) is 27.7 Å². The Labute approximate surface area is 123 Å². The number of aliphatic imine (C=N–C) groups is 1. The van der Waals surface area contributed by atoms with Crippen LogP contribution in [0.3, 0.4) is 0 Å². The van der Waals surface area contributed by atoms with E-state index in [1.165, 1.54) is 11.4 Å². The van der Waals surface area contributed by atoms with Crippen LogP contribution in [0.15, 0.2) is 28.2 Å². The number of aryl methyl sites for hydroxylation is 1. The van der Waals surface area contributed by atoms with Gasteiger partial charge in [-0.25, -0.2) is 4.99 Å². The SMILES string of the molecule is C=C1c2cc(C)cc(Br)c2N=C2N1CCC2(C)CC. The van der Waals surface area contributed by atoms with Gasteiger partial charge in [-0.3, -0.25) is 0 Å². The van der Waals surface area contributed by atoms with Crippen molar-refractivity contribution in [3.8, 4) is 0 Å². The molecule has 2 aliphatic heterocycles. The predicted octanol–water partition coefficient (Wildman–Crippen LogP) is 4.89. The lowest BCUT2D eigenvalue weighted by Gasteiger charge is -2.32. The van der Waals surface area contributed by atoms with Crippen molar-refractivity contribution in [2.45, 2.75) is 33.6 Å². The average Bonchev–Trinajstić information content (AvgIpc) is 2.70. The molecule has 0 saturated carbocycles. The first-order chi connectivity index (χ1) is 8.96. The molecular weight excluding hydrogens is 300 g/mol. The Balaban J connectivity index is 2.22. The molecule has 3 heteroatoms. The zero-order valence-corrected chi connectivity index (χ0v) is 13.3. The summed E-state index contributed by atoms with van der Waals surface area (Å²) in [6.45, 7) is 12.0. The summed E-state index contributed by atoms with van der Waals surface area (Å²) in [6.07, 6.45) is 2.28. The number of fused-ring (bicyclic) bond motifs is 2. The highest BCUT2D eigenvalue weighted by Crippen LogP contribution is 2.47. The summed E-state index contributed by atoms with van der Waals surface area (Å²) in [5, 5.41) is 0. The summed E-state index contributed by atoms with van der Waals surface area (Å²) < 4.78 is 1.07. The number of hydrogen-bond donors (Lipinski definition) is 0. The standard InChI is InChI=1S/C16H19BrN2/c1-5-16(4)6-7-19-11(3)12-8-10(2)9-13(17)14(12)18-15(16)19/h8-9H,3,5-7H2,1-2,4H3. The van der Waals surface area contributed by atoms with E-state index < -0.39 is 0 Å². The van der Waals surface area contributed by atoms with E-state index in [2.05, 4.69) is 60.3 Å². The molecular formula is C16H19BrN2. The van der Waals surface area contributed by atoms with Gasteiger partial charge in [0.05, 0.1) is 5.69 Å². The normalized spacial score (nSPS) is 25.2. The van der Waals surface area contributed by atoms with Crippen molar-refractivity contribution in [1.82, 2.24) is 4.90 Å². The van der Waals surface area contributed by atoms with Crippen molar-refractivity contribution in [3.05, 3.63) is 34.3 Å². The number of halogens is 1. The van der Waals surface area contributed by atoms with Gasteiger partial charge in [-0.05, 0) is 53.4 Å². The molecule has 0 N–H and O–H groups in total. The molecule has 100 valence electrons. The van der Waals surface area contributed by atoms with E-state index in [9.17, 15) is 0 Å². The monoisotopic (exact) mass is 318 g/mol. The van der Waals surface area contributed by atoms with Crippen LogP contribution in [0.25, 0.3) is 5.70 Å². The van der Waals surface area contributed by atoms with Crippen LogP contribution in [-0.2, 0) is 0 Å². The number of amidine groups is 1. The Morgan fingerprint density at radius 2 is 2.21 bits per heavy atom. The molecule has 1 atom stereocenters. The van der Waals surface area contributed by atoms with E-state index in [4.69, 9.17) is 4.99 Å². The number of nitrogens with zero attached hydrogens (tertiary/aromatic N) is 2. The van der Waals surface area contributed by atoms with Crippen molar-refractivity contribution < 1.29 is 0 Å². The molecule has 1 saturated heterocycles. The Morgan fingerprint density at radius 1 is 1.47 bits per heavy atom. The highest BCUT2D eigenvalue weighted by molar-refractivity contribution is 9.10. The van der Waals surface area contributed by atoms with Crippen LogP contribution >= 0.6 is 15.9 Å². The molecule has 0 amide bonds. The molecule has 3 rings (SSSR count). The summed E-state index contributed by atoms with van der Waals surface area (Å²) in [4.78, 5) is 7.26. The first-order valence-corrected chi connectivity index (χ1v) is 7.62. The molecule has 0 spiro atoms. The van der Waals surface area contributed by atoms with E-state index in [0.717, 1.165) is 40.8 Å². The van der Waals surface area contributed by atoms with Crippen molar-refractivity contribution in [2.75, 3.05) is 6.54 Å². The fourth-order valence-electron chi connectivity index (χ4n) is 3.01. The van der Waals surface area contributed by atoms with E-state index in [0.29, 0.717) is 0 Å². The quantitative estimate of drug-likeness (QED) is 0.719. The second-order valence-electron chi connectivity index (χ2n) is 5.84. The smallest absolute Gasteiger partial charge is 0.115 e. The predicted molar refractivity (Wildman–Crippen MR) is 84.7 cm³/mol. The molecule has 2 nitrogen and oxygen atoms in total. The van der Waals surface area contributed by atoms with E-state index in [-0.39, 0.29) is 5.41 Å². The van der Waals surface area contributed by atoms with E-state index in [1.54, 1.807) is 0 Å². The first kappa shape index (κ1) is 12.9. The molecule has 19 heavy (non-hydrogen) atoms. The maximum absolute atomic E-state index is 4.96. The molecule has 0 aromatic heterocycles. The van der Waals surface area contributed by atoms with Crippen LogP contribution in [0.1, 0.15) is 37.8 Å². The molecule has 0 aliphatic carbocycles. The highest BCUT2D eigenvalue weighted by atomic mass is 79.9. The third kappa shape index (κ3) is 1.78. The van der Waals surface area contributed by atoms with Crippen molar-refractivity contribution in [3.63, 3.8) is 0 Å². The minimum atomic E-state index is 0.185. The van der Waals surface area contributed by atoms with Gasteiger partial charge in [-0.1, -0.05) is 20.4 Å². The van der Waals surface area contributed by atoms with E-state index in [1.807, 2.05) is 0 Å². The summed E-state index contributed by atoms with van der Waals surface area (Å²) in [5.74, 6) is 1.19. The maximum Gasteiger partial charge on any atom is 0.115 e. The van der Waals surface area contributed by atoms with Gasteiger partial charge < -0.3 is 4.90 Å². The van der Waals surface area contributed by atoms with Gasteiger partial charge >= 0.3 is 0 Å². The molecule has 1 fully saturated rings. The molecule has 2 aliphatic rings. The zero-order chi connectivity index (χ0) is 13.8. The molecule has 1 unspecified atom stereocenters. The Kier molecular flexibility index (Phi) is 2.86. The first-order valence-electron chi connectivity index (χ1n) is 6.82. The Hall–Kier alpha value is -1.09. The van der Waals surface area contributed by atoms with Gasteiger partial charge in [0.25, 0.3) is 0 Å². The number of rotatable bonds is 1. The zero-order valence-electron chi connectivity index (χ0n) is 11.8. The number of hydrogen-bond acceptors (Lipinski definition) is 2. The fourth-order valence-corrected chi connectivity index (χ4v) is 3.68. The van der Waals surface area contributed by atoms with Crippen LogP contribution < -0.4 is 0 Å². The third-order valence-corrected chi connectivity index (χ3v) is 5.13. The van der Waals surface area contributed by atoms with Crippen LogP contribution in [0.4, 0.5) is 5.69 Å². The Bertz CT molecular complexity index is 603. The van der Waals surface area contributed by atoms with Crippen LogP contribution in [0, 0.1) is 12.3 Å². The molecule has 0 bridgehead atoms. The van der Waals surface area contributed by atoms with E-state index >= 15 is 0 Å². The fraction of sp³-hybridized carbons (Fsp3) is 0.438. The maximum atomic E-state index is 4.96. The van der Waals surface area contributed by atoms with Gasteiger partial charge in [0.2, 0.25) is 0 Å². The van der Waals surface area contributed by atoms with Gasteiger partial charge in [0.15, 0.2) is 0 Å². The Morgan fingerprint density at radius 3 is 2.89 bits per heavy atom. The topological polar surface area (TPSA) is 15.6 Å². The lowest BCUT2D eigenvalue weighted by atomic mass is 9.85. The second kappa shape index (κ2) is 4.20. The summed E-state index contributed by atoms with van der Waals surface area (Å²) in [7, 11) is 0. The third-order valence-electron chi connectivity index (χ3n) is 4.53. The summed E-state index contributed by atoms with van der Waals surface area (Å²) >= 11 is 3.65. The minimum Gasteiger partial charge on any atom is -0.329 e. The van der Waals surface area contributed by atoms with Gasteiger partial charge in [-0.2, -0.15) is 0 Å². The number of benzene rings is 1. The van der Waals surface area contributed by atoms with Crippen LogP contribution in [0.5, 0.6) is 0 Å². The summed E-state index contributed by atoms with van der Waals surface area (Å²) in [6, 6.07) is 4.31. The summed E-state index contributed by atoms with van der Waals surface area (Å²) in [5.41, 5.74) is 4.73. The second-order valence-corrected chi connectivity index (χ2v) is 6.70. The van der Waals surface area contributed by atoms with Gasteiger partial charge in [0.1, 0.15) is 5.84 Å². The lowest BCUT2D eigenvalue weighted by Crippen LogP contribution is -2.33. The highest BCUT2D eigenvalue weighted by Gasteiger charge is 2.42. The van der Waals surface area contributed by atoms with Crippen LogP contribution in [0.2, 0.25) is 0 Å². The largest absolute Gasteiger partial charge is 0.329 e. The molecule has 0 radical (unpaired) electrons. The van der Waals surface area contributed by atoms with Gasteiger partial charge in [-0.15, -0.1) is 0 Å².